The number of hydrogen-bond acceptors (Lipinski definition) is 5. The van der Waals surface area contributed by atoms with Gasteiger partial charge < -0.3 is 21.7 Å². The first-order valence-corrected chi connectivity index (χ1v) is 6.31. The van der Waals surface area contributed by atoms with E-state index in [0.29, 0.717) is 23.6 Å². The molecule has 0 spiro atoms. The van der Waals surface area contributed by atoms with Gasteiger partial charge in [0.1, 0.15) is 11.5 Å². The van der Waals surface area contributed by atoms with Crippen LogP contribution in [0, 0.1) is 11.3 Å². The molecule has 0 bridgehead atoms. The van der Waals surface area contributed by atoms with Crippen molar-refractivity contribution in [3.05, 3.63) is 46.9 Å². The number of nitrogens with two attached hydrogens (primary N) is 2. The average molecular weight is 284 g/mol. The van der Waals surface area contributed by atoms with E-state index >= 15 is 0 Å². The van der Waals surface area contributed by atoms with Crippen molar-refractivity contribution in [2.45, 2.75) is 6.54 Å². The van der Waals surface area contributed by atoms with Crippen molar-refractivity contribution in [3.8, 4) is 6.07 Å². The van der Waals surface area contributed by atoms with Crippen molar-refractivity contribution in [3.63, 3.8) is 0 Å². The van der Waals surface area contributed by atoms with Crippen LogP contribution in [0.1, 0.15) is 11.1 Å². The SMILES string of the molecule is C/N=C1\C(=C(N)N)NC(=O)CN1Cc1cccc(C#N)c1. The summed E-state index contributed by atoms with van der Waals surface area (Å²) in [4.78, 5) is 17.7. The lowest BCUT2D eigenvalue weighted by molar-refractivity contribution is -0.121. The molecular weight excluding hydrogens is 268 g/mol. The van der Waals surface area contributed by atoms with Crippen molar-refractivity contribution < 1.29 is 4.79 Å². The number of benzene rings is 1. The first-order valence-electron chi connectivity index (χ1n) is 6.31. The van der Waals surface area contributed by atoms with Crippen LogP contribution in [0.15, 0.2) is 40.8 Å². The molecule has 1 heterocycles. The molecule has 0 atom stereocenters. The number of amidine groups is 1. The smallest absolute Gasteiger partial charge is 0.244 e. The van der Waals surface area contributed by atoms with Gasteiger partial charge in [0.05, 0.1) is 18.2 Å². The molecule has 7 nitrogen and oxygen atoms in total. The number of rotatable bonds is 2. The van der Waals surface area contributed by atoms with Gasteiger partial charge in [0, 0.05) is 13.6 Å². The third-order valence-electron chi connectivity index (χ3n) is 3.05. The molecule has 1 aromatic carbocycles. The number of carbonyl (C=O) groups is 1. The fourth-order valence-electron chi connectivity index (χ4n) is 2.19. The third kappa shape index (κ3) is 3.12. The second-order valence-corrected chi connectivity index (χ2v) is 4.59. The van der Waals surface area contributed by atoms with Crippen molar-refractivity contribution in [2.75, 3.05) is 13.6 Å². The van der Waals surface area contributed by atoms with E-state index in [9.17, 15) is 4.79 Å². The Bertz CT molecular complexity index is 666. The van der Waals surface area contributed by atoms with E-state index in [-0.39, 0.29) is 18.3 Å². The number of piperazine rings is 1. The van der Waals surface area contributed by atoms with Crippen LogP contribution in [0.4, 0.5) is 0 Å². The Morgan fingerprint density at radius 3 is 2.90 bits per heavy atom. The number of nitrogens with zero attached hydrogens (tertiary/aromatic N) is 3. The maximum absolute atomic E-state index is 11.8. The zero-order chi connectivity index (χ0) is 15.4. The summed E-state index contributed by atoms with van der Waals surface area (Å²) in [6.45, 7) is 0.590. The molecule has 7 heteroatoms. The van der Waals surface area contributed by atoms with Gasteiger partial charge in [-0.2, -0.15) is 5.26 Å². The quantitative estimate of drug-likeness (QED) is 0.682. The zero-order valence-electron chi connectivity index (χ0n) is 11.6. The maximum Gasteiger partial charge on any atom is 0.244 e. The fourth-order valence-corrected chi connectivity index (χ4v) is 2.19. The molecule has 0 aliphatic carbocycles. The molecule has 5 N–H and O–H groups in total. The van der Waals surface area contributed by atoms with Crippen LogP contribution in [0.2, 0.25) is 0 Å². The molecule has 1 aliphatic rings. The van der Waals surface area contributed by atoms with Gasteiger partial charge in [-0.3, -0.25) is 9.79 Å². The van der Waals surface area contributed by atoms with Crippen LogP contribution >= 0.6 is 0 Å². The molecule has 1 aliphatic heterocycles. The molecule has 21 heavy (non-hydrogen) atoms. The van der Waals surface area contributed by atoms with Gasteiger partial charge in [0.2, 0.25) is 5.91 Å². The van der Waals surface area contributed by atoms with E-state index in [0.717, 1.165) is 5.56 Å². The Labute approximate surface area is 122 Å². The standard InChI is InChI=1S/C14H16N6O/c1-18-14-12(13(16)17)19-11(21)8-20(14)7-10-4-2-3-9(5-10)6-15/h2-5H,7-8,16-17H2,1H3,(H,19,21)/b18-14+. The van der Waals surface area contributed by atoms with Gasteiger partial charge in [-0.05, 0) is 17.7 Å². The summed E-state index contributed by atoms with van der Waals surface area (Å²) in [6.07, 6.45) is 0. The van der Waals surface area contributed by atoms with Crippen LogP contribution in [-0.4, -0.2) is 30.2 Å². The number of nitrogens with one attached hydrogen (secondary N) is 1. The molecule has 1 saturated heterocycles. The maximum atomic E-state index is 11.8. The number of amides is 1. The Kier molecular flexibility index (Phi) is 4.09. The van der Waals surface area contributed by atoms with Crippen molar-refractivity contribution in [1.29, 1.82) is 5.26 Å². The lowest BCUT2D eigenvalue weighted by atomic mass is 10.1. The number of carbonyl (C=O) groups excluding carboxylic acids is 1. The summed E-state index contributed by atoms with van der Waals surface area (Å²) >= 11 is 0. The van der Waals surface area contributed by atoms with E-state index < -0.39 is 0 Å². The minimum Gasteiger partial charge on any atom is -0.384 e. The van der Waals surface area contributed by atoms with E-state index in [2.05, 4.69) is 16.4 Å². The van der Waals surface area contributed by atoms with Crippen LogP contribution in [-0.2, 0) is 11.3 Å². The predicted molar refractivity (Wildman–Crippen MR) is 78.5 cm³/mol. The van der Waals surface area contributed by atoms with Gasteiger partial charge >= 0.3 is 0 Å². The van der Waals surface area contributed by atoms with Crippen LogP contribution in [0.25, 0.3) is 0 Å². The second kappa shape index (κ2) is 5.96. The Balaban J connectivity index is 2.31. The van der Waals surface area contributed by atoms with E-state index in [4.69, 9.17) is 16.7 Å². The van der Waals surface area contributed by atoms with Gasteiger partial charge in [0.15, 0.2) is 5.84 Å². The normalized spacial score (nSPS) is 16.6. The largest absolute Gasteiger partial charge is 0.384 e. The third-order valence-corrected chi connectivity index (χ3v) is 3.05. The fraction of sp³-hybridized carbons (Fsp3) is 0.214. The Morgan fingerprint density at radius 2 is 2.29 bits per heavy atom. The molecule has 0 radical (unpaired) electrons. The van der Waals surface area contributed by atoms with E-state index in [1.807, 2.05) is 6.07 Å². The summed E-state index contributed by atoms with van der Waals surface area (Å²) in [5.41, 5.74) is 13.0. The lowest BCUT2D eigenvalue weighted by Gasteiger charge is -2.32. The minimum absolute atomic E-state index is 0.0134. The highest BCUT2D eigenvalue weighted by Crippen LogP contribution is 2.14. The second-order valence-electron chi connectivity index (χ2n) is 4.59. The van der Waals surface area contributed by atoms with Crippen LogP contribution in [0.3, 0.4) is 0 Å². The van der Waals surface area contributed by atoms with Crippen molar-refractivity contribution in [2.24, 2.45) is 16.5 Å². The number of nitriles is 1. The molecule has 1 amide bonds. The van der Waals surface area contributed by atoms with Crippen LogP contribution < -0.4 is 16.8 Å². The van der Waals surface area contributed by atoms with Crippen molar-refractivity contribution in [1.82, 2.24) is 10.2 Å². The lowest BCUT2D eigenvalue weighted by Crippen LogP contribution is -2.51. The van der Waals surface area contributed by atoms with E-state index in [1.165, 1.54) is 0 Å². The van der Waals surface area contributed by atoms with E-state index in [1.54, 1.807) is 30.1 Å². The molecular formula is C14H16N6O. The Morgan fingerprint density at radius 1 is 1.52 bits per heavy atom. The summed E-state index contributed by atoms with van der Waals surface area (Å²) in [5.74, 6) is 0.332. The predicted octanol–water partition coefficient (Wildman–Crippen LogP) is -0.395. The zero-order valence-corrected chi connectivity index (χ0v) is 11.6. The highest BCUT2D eigenvalue weighted by Gasteiger charge is 2.27. The van der Waals surface area contributed by atoms with Crippen molar-refractivity contribution >= 4 is 11.7 Å². The molecule has 1 aromatic rings. The summed E-state index contributed by atoms with van der Waals surface area (Å²) in [7, 11) is 1.61. The van der Waals surface area contributed by atoms with Gasteiger partial charge in [-0.25, -0.2) is 0 Å². The molecule has 0 unspecified atom stereocenters. The highest BCUT2D eigenvalue weighted by atomic mass is 16.2. The molecule has 0 saturated carbocycles. The summed E-state index contributed by atoms with van der Waals surface area (Å²) < 4.78 is 0. The van der Waals surface area contributed by atoms with Gasteiger partial charge in [-0.1, -0.05) is 12.1 Å². The molecule has 0 aromatic heterocycles. The van der Waals surface area contributed by atoms with Crippen LogP contribution in [0.5, 0.6) is 0 Å². The van der Waals surface area contributed by atoms with Gasteiger partial charge in [0.25, 0.3) is 0 Å². The molecule has 2 rings (SSSR count). The highest BCUT2D eigenvalue weighted by molar-refractivity contribution is 6.06. The average Bonchev–Trinajstić information content (AvgIpc) is 2.46. The number of aliphatic imine (C=N–C) groups is 1. The molecule has 108 valence electrons. The molecule has 1 fully saturated rings. The topological polar surface area (TPSA) is 121 Å². The van der Waals surface area contributed by atoms with Gasteiger partial charge in [-0.15, -0.1) is 0 Å². The summed E-state index contributed by atoms with van der Waals surface area (Å²) in [5, 5.41) is 11.6. The first kappa shape index (κ1) is 14.4. The minimum atomic E-state index is -0.206. The first-order chi connectivity index (χ1) is 10.0. The monoisotopic (exact) mass is 284 g/mol. The number of hydrogen-bond donors (Lipinski definition) is 3. The summed E-state index contributed by atoms with van der Waals surface area (Å²) in [6, 6.07) is 9.27. The Hall–Kier alpha value is -3.01.